The number of carbonyl (C=O) groups is 3. The van der Waals surface area contributed by atoms with Crippen LogP contribution in [0.1, 0.15) is 52.1 Å². The molecular weight excluding hydrogens is 414 g/mol. The molecule has 0 saturated heterocycles. The topological polar surface area (TPSA) is 128 Å². The zero-order valence-electron chi connectivity index (χ0n) is 19.3. The number of phenols is 1. The summed E-state index contributed by atoms with van der Waals surface area (Å²) < 4.78 is 5.17. The monoisotopic (exact) mass is 449 g/mol. The number of aromatic hydroxyl groups is 1. The van der Waals surface area contributed by atoms with Crippen molar-refractivity contribution in [1.29, 1.82) is 0 Å². The number of carbonyl (C=O) groups excluding carboxylic acids is 3. The smallest absolute Gasteiger partial charge is 0.408 e. The van der Waals surface area contributed by atoms with Gasteiger partial charge in [0.15, 0.2) is 0 Å². The van der Waals surface area contributed by atoms with E-state index in [1.54, 1.807) is 32.9 Å². The summed E-state index contributed by atoms with van der Waals surface area (Å²) in [5, 5.41) is 24.9. The molecule has 0 aliphatic carbocycles. The predicted molar refractivity (Wildman–Crippen MR) is 121 cm³/mol. The summed E-state index contributed by atoms with van der Waals surface area (Å²) >= 11 is 0. The molecule has 1 aromatic carbocycles. The van der Waals surface area contributed by atoms with Gasteiger partial charge in [0.25, 0.3) is 0 Å². The Balaban J connectivity index is 3.27. The Bertz CT molecular complexity index is 790. The van der Waals surface area contributed by atoms with E-state index in [0.29, 0.717) is 12.1 Å². The van der Waals surface area contributed by atoms with Gasteiger partial charge >= 0.3 is 6.09 Å². The molecule has 1 aromatic rings. The van der Waals surface area contributed by atoms with Crippen LogP contribution in [0.2, 0.25) is 0 Å². The van der Waals surface area contributed by atoms with Crippen LogP contribution in [0.5, 0.6) is 5.75 Å². The molecular formula is C23H35N3O6. The van der Waals surface area contributed by atoms with Crippen LogP contribution in [-0.4, -0.2) is 64.4 Å². The Morgan fingerprint density at radius 1 is 1.28 bits per heavy atom. The first-order chi connectivity index (χ1) is 15.0. The number of rotatable bonds is 11. The van der Waals surface area contributed by atoms with E-state index in [1.165, 1.54) is 23.1 Å². The molecule has 0 spiro atoms. The lowest BCUT2D eigenvalue weighted by Gasteiger charge is -2.33. The fourth-order valence-corrected chi connectivity index (χ4v) is 2.95. The molecule has 0 aliphatic heterocycles. The van der Waals surface area contributed by atoms with E-state index in [1.807, 2.05) is 6.92 Å². The van der Waals surface area contributed by atoms with Gasteiger partial charge in [0.1, 0.15) is 23.4 Å². The van der Waals surface area contributed by atoms with Crippen molar-refractivity contribution in [2.24, 2.45) is 0 Å². The molecule has 3 amide bonds. The fourth-order valence-electron chi connectivity index (χ4n) is 2.95. The first-order valence-electron chi connectivity index (χ1n) is 10.6. The molecule has 0 radical (unpaired) electrons. The van der Waals surface area contributed by atoms with Crippen LogP contribution in [0, 0.1) is 0 Å². The van der Waals surface area contributed by atoms with Gasteiger partial charge in [-0.2, -0.15) is 0 Å². The van der Waals surface area contributed by atoms with E-state index in [0.717, 1.165) is 12.8 Å². The van der Waals surface area contributed by atoms with Gasteiger partial charge in [-0.05, 0) is 44.9 Å². The molecule has 0 saturated carbocycles. The standard InChI is InChI=1S/C23H35N3O6/c1-6-8-12-24-20(29)19(16-10-9-11-17(28)14-16)26(13-7-2)21(30)18(15-27)25-22(31)32-23(3,4)5/h7,9-11,14,18-19,27-28H,2,6,8,12-13,15H2,1,3-5H3,(H,24,29)(H,25,31). The number of alkyl carbamates (subject to hydrolysis) is 1. The van der Waals surface area contributed by atoms with Crippen LogP contribution in [0.15, 0.2) is 36.9 Å². The molecule has 0 aromatic heterocycles. The van der Waals surface area contributed by atoms with E-state index in [2.05, 4.69) is 17.2 Å². The van der Waals surface area contributed by atoms with Gasteiger partial charge in [0, 0.05) is 13.1 Å². The highest BCUT2D eigenvalue weighted by atomic mass is 16.6. The molecule has 1 rings (SSSR count). The lowest BCUT2D eigenvalue weighted by molar-refractivity contribution is -0.142. The second-order valence-electron chi connectivity index (χ2n) is 8.30. The van der Waals surface area contributed by atoms with E-state index >= 15 is 0 Å². The number of nitrogens with zero attached hydrogens (tertiary/aromatic N) is 1. The summed E-state index contributed by atoms with van der Waals surface area (Å²) in [6.07, 6.45) is 2.20. The van der Waals surface area contributed by atoms with Crippen molar-refractivity contribution in [3.05, 3.63) is 42.5 Å². The van der Waals surface area contributed by atoms with Crippen molar-refractivity contribution >= 4 is 17.9 Å². The molecule has 0 fully saturated rings. The highest BCUT2D eigenvalue weighted by Gasteiger charge is 2.35. The average molecular weight is 450 g/mol. The molecule has 9 nitrogen and oxygen atoms in total. The van der Waals surface area contributed by atoms with Crippen LogP contribution in [0.4, 0.5) is 4.79 Å². The maximum Gasteiger partial charge on any atom is 0.408 e. The van der Waals surface area contributed by atoms with E-state index < -0.39 is 42.2 Å². The summed E-state index contributed by atoms with van der Waals surface area (Å²) in [5.74, 6) is -1.21. The normalized spacial score (nSPS) is 12.9. The summed E-state index contributed by atoms with van der Waals surface area (Å²) in [6.45, 7) is 10.3. The lowest BCUT2D eigenvalue weighted by atomic mass is 10.0. The van der Waals surface area contributed by atoms with Gasteiger partial charge in [0.2, 0.25) is 11.8 Å². The number of amides is 3. The summed E-state index contributed by atoms with van der Waals surface area (Å²) in [7, 11) is 0. The molecule has 0 heterocycles. The van der Waals surface area contributed by atoms with Crippen LogP contribution in [0.25, 0.3) is 0 Å². The van der Waals surface area contributed by atoms with E-state index in [4.69, 9.17) is 4.74 Å². The fraction of sp³-hybridized carbons (Fsp3) is 0.522. The van der Waals surface area contributed by atoms with Gasteiger partial charge < -0.3 is 30.5 Å². The first-order valence-corrected chi connectivity index (χ1v) is 10.6. The van der Waals surface area contributed by atoms with Crippen LogP contribution >= 0.6 is 0 Å². The van der Waals surface area contributed by atoms with Crippen molar-refractivity contribution in [1.82, 2.24) is 15.5 Å². The first kappa shape index (κ1) is 27.0. The molecule has 9 heteroatoms. The second kappa shape index (κ2) is 12.7. The Kier molecular flexibility index (Phi) is 10.7. The minimum atomic E-state index is -1.34. The quantitative estimate of drug-likeness (QED) is 0.303. The van der Waals surface area contributed by atoms with Gasteiger partial charge in [-0.3, -0.25) is 9.59 Å². The number of hydrogen-bond donors (Lipinski definition) is 4. The maximum absolute atomic E-state index is 13.3. The third-order valence-corrected chi connectivity index (χ3v) is 4.36. The molecule has 178 valence electrons. The third-order valence-electron chi connectivity index (χ3n) is 4.36. The molecule has 32 heavy (non-hydrogen) atoms. The minimum absolute atomic E-state index is 0.0349. The number of aliphatic hydroxyl groups excluding tert-OH is 1. The zero-order valence-corrected chi connectivity index (χ0v) is 19.3. The summed E-state index contributed by atoms with van der Waals surface area (Å²) in [5.41, 5.74) is -0.417. The van der Waals surface area contributed by atoms with Gasteiger partial charge in [-0.1, -0.05) is 31.6 Å². The highest BCUT2D eigenvalue weighted by Crippen LogP contribution is 2.25. The minimum Gasteiger partial charge on any atom is -0.508 e. The Labute approximate surface area is 189 Å². The SMILES string of the molecule is C=CCN(C(=O)C(CO)NC(=O)OC(C)(C)C)C(C(=O)NCCCC)c1cccc(O)c1. The van der Waals surface area contributed by atoms with Crippen LogP contribution in [0.3, 0.4) is 0 Å². The number of benzene rings is 1. The second-order valence-corrected chi connectivity index (χ2v) is 8.30. The Morgan fingerprint density at radius 2 is 1.97 bits per heavy atom. The molecule has 2 unspecified atom stereocenters. The Hall–Kier alpha value is -3.07. The van der Waals surface area contributed by atoms with Gasteiger partial charge in [0.05, 0.1) is 6.61 Å². The van der Waals surface area contributed by atoms with Crippen molar-refractivity contribution in [3.8, 4) is 5.75 Å². The number of hydrogen-bond acceptors (Lipinski definition) is 6. The average Bonchev–Trinajstić information content (AvgIpc) is 2.70. The number of unbranched alkanes of at least 4 members (excludes halogenated alkanes) is 1. The van der Waals surface area contributed by atoms with E-state index in [-0.39, 0.29) is 12.3 Å². The van der Waals surface area contributed by atoms with Crippen LogP contribution in [-0.2, 0) is 14.3 Å². The number of nitrogens with one attached hydrogen (secondary N) is 2. The largest absolute Gasteiger partial charge is 0.508 e. The molecule has 4 N–H and O–H groups in total. The number of aliphatic hydroxyl groups is 1. The molecule has 2 atom stereocenters. The summed E-state index contributed by atoms with van der Waals surface area (Å²) in [6, 6.07) is 3.57. The number of phenolic OH excluding ortho intramolecular Hbond substituents is 1. The van der Waals surface area contributed by atoms with Crippen LogP contribution < -0.4 is 10.6 Å². The van der Waals surface area contributed by atoms with Crippen molar-refractivity contribution in [2.75, 3.05) is 19.7 Å². The maximum atomic E-state index is 13.3. The highest BCUT2D eigenvalue weighted by molar-refractivity contribution is 5.92. The predicted octanol–water partition coefficient (Wildman–Crippen LogP) is 2.25. The Morgan fingerprint density at radius 3 is 2.50 bits per heavy atom. The molecule has 0 bridgehead atoms. The van der Waals surface area contributed by atoms with Crippen molar-refractivity contribution in [2.45, 2.75) is 58.2 Å². The van der Waals surface area contributed by atoms with Crippen molar-refractivity contribution < 1.29 is 29.3 Å². The van der Waals surface area contributed by atoms with Gasteiger partial charge in [-0.25, -0.2) is 4.79 Å². The van der Waals surface area contributed by atoms with Crippen molar-refractivity contribution in [3.63, 3.8) is 0 Å². The zero-order chi connectivity index (χ0) is 24.3. The molecule has 0 aliphatic rings. The van der Waals surface area contributed by atoms with E-state index in [9.17, 15) is 24.6 Å². The summed E-state index contributed by atoms with van der Waals surface area (Å²) in [4.78, 5) is 39.7. The van der Waals surface area contributed by atoms with Gasteiger partial charge in [-0.15, -0.1) is 6.58 Å². The third kappa shape index (κ3) is 8.58. The number of ether oxygens (including phenoxy) is 1. The lowest BCUT2D eigenvalue weighted by Crippen LogP contribution is -2.54.